The molecule has 0 heterocycles. The molecule has 3 aromatic rings. The largest absolute Gasteiger partial charge is 0.485 e. The highest BCUT2D eigenvalue weighted by atomic mass is 19.1. The number of ether oxygens (including phenoxy) is 1. The SMILES string of the molecule is Cc1ccc(C)c(C(=O)COc2ccc(C(=O)c3ccc(F)cc3)cc2)c1. The van der Waals surface area contributed by atoms with Gasteiger partial charge in [0.2, 0.25) is 0 Å². The molecule has 0 fully saturated rings. The summed E-state index contributed by atoms with van der Waals surface area (Å²) < 4.78 is 18.5. The Labute approximate surface area is 157 Å². The summed E-state index contributed by atoms with van der Waals surface area (Å²) in [5, 5.41) is 0. The first-order valence-corrected chi connectivity index (χ1v) is 8.57. The first-order valence-electron chi connectivity index (χ1n) is 8.57. The molecule has 0 N–H and O–H groups in total. The van der Waals surface area contributed by atoms with Gasteiger partial charge in [0.25, 0.3) is 0 Å². The van der Waals surface area contributed by atoms with Crippen molar-refractivity contribution in [3.63, 3.8) is 0 Å². The molecule has 3 nitrogen and oxygen atoms in total. The first-order chi connectivity index (χ1) is 12.9. The minimum atomic E-state index is -0.385. The van der Waals surface area contributed by atoms with Crippen LogP contribution < -0.4 is 4.74 Å². The lowest BCUT2D eigenvalue weighted by molar-refractivity contribution is 0.0920. The zero-order chi connectivity index (χ0) is 19.4. The summed E-state index contributed by atoms with van der Waals surface area (Å²) in [5.41, 5.74) is 3.46. The zero-order valence-electron chi connectivity index (χ0n) is 15.2. The minimum Gasteiger partial charge on any atom is -0.485 e. The fraction of sp³-hybridized carbons (Fsp3) is 0.130. The number of aryl methyl sites for hydroxylation is 2. The third-order valence-corrected chi connectivity index (χ3v) is 4.29. The highest BCUT2D eigenvalue weighted by Gasteiger charge is 2.12. The molecule has 3 aromatic carbocycles. The van der Waals surface area contributed by atoms with E-state index >= 15 is 0 Å². The van der Waals surface area contributed by atoms with Crippen LogP contribution in [0, 0.1) is 19.7 Å². The second-order valence-electron chi connectivity index (χ2n) is 6.39. The molecule has 0 radical (unpaired) electrons. The van der Waals surface area contributed by atoms with Crippen molar-refractivity contribution >= 4 is 11.6 Å². The van der Waals surface area contributed by atoms with Crippen LogP contribution in [0.15, 0.2) is 66.7 Å². The van der Waals surface area contributed by atoms with Crippen molar-refractivity contribution in [2.45, 2.75) is 13.8 Å². The maximum Gasteiger partial charge on any atom is 0.200 e. The topological polar surface area (TPSA) is 43.4 Å². The lowest BCUT2D eigenvalue weighted by Gasteiger charge is -2.09. The molecule has 3 rings (SSSR count). The van der Waals surface area contributed by atoms with Gasteiger partial charge in [0.1, 0.15) is 11.6 Å². The zero-order valence-corrected chi connectivity index (χ0v) is 15.2. The van der Waals surface area contributed by atoms with E-state index in [4.69, 9.17) is 4.74 Å². The van der Waals surface area contributed by atoms with E-state index in [1.54, 1.807) is 24.3 Å². The van der Waals surface area contributed by atoms with E-state index in [9.17, 15) is 14.0 Å². The fourth-order valence-electron chi connectivity index (χ4n) is 2.73. The van der Waals surface area contributed by atoms with Gasteiger partial charge in [-0.2, -0.15) is 0 Å². The van der Waals surface area contributed by atoms with Crippen LogP contribution in [0.5, 0.6) is 5.75 Å². The van der Waals surface area contributed by atoms with Crippen LogP contribution in [0.25, 0.3) is 0 Å². The van der Waals surface area contributed by atoms with Crippen molar-refractivity contribution in [2.24, 2.45) is 0 Å². The molecule has 4 heteroatoms. The molecule has 0 unspecified atom stereocenters. The molecule has 0 aromatic heterocycles. The Balaban J connectivity index is 1.65. The lowest BCUT2D eigenvalue weighted by atomic mass is 10.0. The summed E-state index contributed by atoms with van der Waals surface area (Å²) in [5.74, 6) is -0.177. The molecule has 0 atom stereocenters. The number of benzene rings is 3. The normalized spacial score (nSPS) is 10.5. The van der Waals surface area contributed by atoms with E-state index in [1.165, 1.54) is 24.3 Å². The molecule has 0 aliphatic carbocycles. The smallest absolute Gasteiger partial charge is 0.200 e. The van der Waals surface area contributed by atoms with Crippen molar-refractivity contribution in [2.75, 3.05) is 6.61 Å². The molecule has 0 spiro atoms. The Kier molecular flexibility index (Phi) is 5.46. The fourth-order valence-corrected chi connectivity index (χ4v) is 2.73. The number of Topliss-reactive ketones (excluding diaryl/α,β-unsaturated/α-hetero) is 1. The first kappa shape index (κ1) is 18.5. The van der Waals surface area contributed by atoms with Crippen molar-refractivity contribution < 1.29 is 18.7 Å². The Morgan fingerprint density at radius 3 is 2.07 bits per heavy atom. The average molecular weight is 362 g/mol. The Morgan fingerprint density at radius 2 is 1.44 bits per heavy atom. The van der Waals surface area contributed by atoms with Gasteiger partial charge in [0.15, 0.2) is 18.2 Å². The van der Waals surface area contributed by atoms with Gasteiger partial charge in [0, 0.05) is 16.7 Å². The van der Waals surface area contributed by atoms with Gasteiger partial charge < -0.3 is 4.74 Å². The molecule has 0 saturated carbocycles. The molecule has 0 bridgehead atoms. The van der Waals surface area contributed by atoms with Crippen LogP contribution in [0.1, 0.15) is 37.4 Å². The Morgan fingerprint density at radius 1 is 0.852 bits per heavy atom. The van der Waals surface area contributed by atoms with E-state index in [-0.39, 0.29) is 24.0 Å². The highest BCUT2D eigenvalue weighted by Crippen LogP contribution is 2.17. The number of rotatable bonds is 6. The van der Waals surface area contributed by atoms with Crippen molar-refractivity contribution in [1.82, 2.24) is 0 Å². The third-order valence-electron chi connectivity index (χ3n) is 4.29. The summed E-state index contributed by atoms with van der Waals surface area (Å²) in [6.45, 7) is 3.76. The monoisotopic (exact) mass is 362 g/mol. The van der Waals surface area contributed by atoms with Crippen LogP contribution in [0.2, 0.25) is 0 Å². The predicted octanol–water partition coefficient (Wildman–Crippen LogP) is 4.94. The number of ketones is 2. The third kappa shape index (κ3) is 4.47. The van der Waals surface area contributed by atoms with E-state index in [1.807, 2.05) is 32.0 Å². The van der Waals surface area contributed by atoms with Gasteiger partial charge in [-0.1, -0.05) is 17.7 Å². The van der Waals surface area contributed by atoms with Crippen molar-refractivity contribution in [3.8, 4) is 5.75 Å². The molecule has 0 amide bonds. The van der Waals surface area contributed by atoms with Crippen LogP contribution in [-0.4, -0.2) is 18.2 Å². The summed E-state index contributed by atoms with van der Waals surface area (Å²) in [7, 11) is 0. The van der Waals surface area contributed by atoms with Gasteiger partial charge in [0.05, 0.1) is 0 Å². The van der Waals surface area contributed by atoms with E-state index in [0.29, 0.717) is 22.4 Å². The molecular formula is C23H19FO3. The van der Waals surface area contributed by atoms with Gasteiger partial charge in [-0.15, -0.1) is 0 Å². The maximum absolute atomic E-state index is 13.0. The summed E-state index contributed by atoms with van der Waals surface area (Å²) in [4.78, 5) is 24.7. The van der Waals surface area contributed by atoms with Crippen LogP contribution in [-0.2, 0) is 0 Å². The van der Waals surface area contributed by atoms with E-state index in [2.05, 4.69) is 0 Å². The van der Waals surface area contributed by atoms with Gasteiger partial charge in [-0.25, -0.2) is 4.39 Å². The Bertz CT molecular complexity index is 974. The predicted molar refractivity (Wildman–Crippen MR) is 102 cm³/mol. The highest BCUT2D eigenvalue weighted by molar-refractivity contribution is 6.09. The maximum atomic E-state index is 13.0. The molecule has 27 heavy (non-hydrogen) atoms. The molecular weight excluding hydrogens is 343 g/mol. The second kappa shape index (κ2) is 7.96. The summed E-state index contributed by atoms with van der Waals surface area (Å²) >= 11 is 0. The van der Waals surface area contributed by atoms with Crippen molar-refractivity contribution in [3.05, 3.63) is 100 Å². The molecule has 0 aliphatic heterocycles. The minimum absolute atomic E-state index is 0.0739. The average Bonchev–Trinajstić information content (AvgIpc) is 2.68. The van der Waals surface area contributed by atoms with E-state index in [0.717, 1.165) is 11.1 Å². The quantitative estimate of drug-likeness (QED) is 0.584. The van der Waals surface area contributed by atoms with Gasteiger partial charge in [-0.3, -0.25) is 9.59 Å². The molecule has 136 valence electrons. The lowest BCUT2D eigenvalue weighted by Crippen LogP contribution is -2.13. The summed E-state index contributed by atoms with van der Waals surface area (Å²) in [6.07, 6.45) is 0. The molecule has 0 aliphatic rings. The number of hydrogen-bond acceptors (Lipinski definition) is 3. The van der Waals surface area contributed by atoms with Crippen LogP contribution >= 0.6 is 0 Å². The van der Waals surface area contributed by atoms with Crippen LogP contribution in [0.4, 0.5) is 4.39 Å². The van der Waals surface area contributed by atoms with E-state index < -0.39 is 0 Å². The number of halogens is 1. The number of carbonyl (C=O) groups excluding carboxylic acids is 2. The second-order valence-corrected chi connectivity index (χ2v) is 6.39. The van der Waals surface area contributed by atoms with Crippen molar-refractivity contribution in [1.29, 1.82) is 0 Å². The number of carbonyl (C=O) groups is 2. The van der Waals surface area contributed by atoms with Gasteiger partial charge >= 0.3 is 0 Å². The van der Waals surface area contributed by atoms with Gasteiger partial charge in [-0.05, 0) is 74.0 Å². The number of hydrogen-bond donors (Lipinski definition) is 0. The molecule has 0 saturated heterocycles. The Hall–Kier alpha value is -3.27. The summed E-state index contributed by atoms with van der Waals surface area (Å²) in [6, 6.07) is 17.7. The van der Waals surface area contributed by atoms with Crippen LogP contribution in [0.3, 0.4) is 0 Å². The standard InChI is InChI=1S/C23H19FO3/c1-15-3-4-16(2)21(13-15)22(25)14-27-20-11-7-18(8-12-20)23(26)17-5-9-19(24)10-6-17/h3-13H,14H2,1-2H3.